The van der Waals surface area contributed by atoms with Crippen LogP contribution >= 0.6 is 0 Å². The summed E-state index contributed by atoms with van der Waals surface area (Å²) >= 11 is 0. The molecule has 1 rings (SSSR count). The monoisotopic (exact) mass is 471 g/mol. The van der Waals surface area contributed by atoms with E-state index < -0.39 is 20.9 Å². The molecule has 0 unspecified atom stereocenters. The Bertz CT molecular complexity index is 864. The van der Waals surface area contributed by atoms with Crippen LogP contribution in [0.25, 0.3) is 0 Å². The summed E-state index contributed by atoms with van der Waals surface area (Å²) in [5, 5.41) is 2.95. The molecule has 1 aromatic rings. The number of benzene rings is 1. The van der Waals surface area contributed by atoms with E-state index >= 15 is 0 Å². The smallest absolute Gasteiger partial charge is 0.316 e. The maximum atomic E-state index is 12.8. The van der Waals surface area contributed by atoms with Gasteiger partial charge in [0.15, 0.2) is 0 Å². The molecule has 0 fully saturated rings. The number of amides is 1. The molecule has 182 valence electrons. The molecule has 0 radical (unpaired) electrons. The van der Waals surface area contributed by atoms with Gasteiger partial charge in [-0.05, 0) is 32.4 Å². The van der Waals surface area contributed by atoms with Crippen LogP contribution in [0.1, 0.15) is 47.0 Å². The number of hydrogen-bond donors (Lipinski definition) is 2. The van der Waals surface area contributed by atoms with Crippen molar-refractivity contribution >= 4 is 22.0 Å². The summed E-state index contributed by atoms with van der Waals surface area (Å²) in [4.78, 5) is 25.4. The molecule has 8 nitrogen and oxygen atoms in total. The Morgan fingerprint density at radius 1 is 1.00 bits per heavy atom. The molecule has 0 saturated carbocycles. The number of rotatable bonds is 13. The Labute approximate surface area is 192 Å². The third-order valence-corrected chi connectivity index (χ3v) is 6.20. The minimum absolute atomic E-state index is 0.130. The van der Waals surface area contributed by atoms with Crippen LogP contribution in [0.5, 0.6) is 5.75 Å². The number of ether oxygens (including phenoxy) is 1. The summed E-state index contributed by atoms with van der Waals surface area (Å²) in [6.07, 6.45) is 1.42. The van der Waals surface area contributed by atoms with Crippen LogP contribution in [0.3, 0.4) is 0 Å². The van der Waals surface area contributed by atoms with Gasteiger partial charge < -0.3 is 14.5 Å². The van der Waals surface area contributed by atoms with E-state index in [9.17, 15) is 18.0 Å². The zero-order chi connectivity index (χ0) is 24.6. The highest BCUT2D eigenvalue weighted by Crippen LogP contribution is 2.35. The number of quaternary nitrogens is 1. The van der Waals surface area contributed by atoms with Gasteiger partial charge in [-0.3, -0.25) is 14.1 Å². The molecule has 0 aliphatic carbocycles. The molecule has 32 heavy (non-hydrogen) atoms. The van der Waals surface area contributed by atoms with Crippen LogP contribution in [0.15, 0.2) is 30.3 Å². The van der Waals surface area contributed by atoms with E-state index in [2.05, 4.69) is 5.32 Å². The van der Waals surface area contributed by atoms with Gasteiger partial charge in [0.2, 0.25) is 5.91 Å². The zero-order valence-corrected chi connectivity index (χ0v) is 21.0. The number of nitrogens with one attached hydrogen (secondary N) is 1. The van der Waals surface area contributed by atoms with Gasteiger partial charge in [0, 0.05) is 24.8 Å². The highest BCUT2D eigenvalue weighted by Gasteiger charge is 2.40. The molecule has 0 spiro atoms. The highest BCUT2D eigenvalue weighted by molar-refractivity contribution is 7.85. The minimum Gasteiger partial charge on any atom is -0.426 e. The summed E-state index contributed by atoms with van der Waals surface area (Å²) in [6, 6.07) is 8.86. The van der Waals surface area contributed by atoms with Crippen molar-refractivity contribution in [3.05, 3.63) is 30.3 Å². The first-order valence-corrected chi connectivity index (χ1v) is 12.5. The van der Waals surface area contributed by atoms with Gasteiger partial charge in [-0.2, -0.15) is 8.42 Å². The molecule has 1 amide bonds. The van der Waals surface area contributed by atoms with E-state index in [4.69, 9.17) is 9.29 Å². The van der Waals surface area contributed by atoms with Crippen molar-refractivity contribution in [1.82, 2.24) is 5.32 Å². The predicted molar refractivity (Wildman–Crippen MR) is 125 cm³/mol. The Balaban J connectivity index is 2.49. The van der Waals surface area contributed by atoms with E-state index in [1.165, 1.54) is 0 Å². The van der Waals surface area contributed by atoms with E-state index in [0.29, 0.717) is 36.2 Å². The number of carbonyl (C=O) groups excluding carboxylic acids is 2. The molecule has 2 N–H and O–H groups in total. The average molecular weight is 472 g/mol. The maximum absolute atomic E-state index is 12.8. The molecule has 9 heteroatoms. The van der Waals surface area contributed by atoms with Crippen molar-refractivity contribution in [3.8, 4) is 5.75 Å². The van der Waals surface area contributed by atoms with Crippen LogP contribution in [0.2, 0.25) is 0 Å². The Morgan fingerprint density at radius 2 is 1.56 bits per heavy atom. The summed E-state index contributed by atoms with van der Waals surface area (Å²) in [5.74, 6) is -0.282. The maximum Gasteiger partial charge on any atom is 0.316 e. The minimum atomic E-state index is -3.94. The first kappa shape index (κ1) is 28.1. The van der Waals surface area contributed by atoms with Crippen molar-refractivity contribution in [2.75, 3.05) is 39.5 Å². The molecular formula is C23H39N2O6S+. The lowest BCUT2D eigenvalue weighted by Gasteiger charge is -2.32. The van der Waals surface area contributed by atoms with Crippen molar-refractivity contribution in [2.24, 2.45) is 10.8 Å². The van der Waals surface area contributed by atoms with Gasteiger partial charge in [-0.1, -0.05) is 32.0 Å². The standard InChI is InChI=1S/C23H38N2O6S/c1-22(2,18-23(3,4)21(27)31-19-12-8-7-9-13-19)20(26)24-14-10-15-25(5,6)16-11-17-32(28,29)30/h7-9,12-13H,10-11,14-18H2,1-6H3,(H-,24,26,28,29,30)/p+1. The van der Waals surface area contributed by atoms with Crippen LogP contribution in [0, 0.1) is 10.8 Å². The molecule has 0 aliphatic rings. The number of esters is 1. The van der Waals surface area contributed by atoms with Crippen molar-refractivity contribution < 1.29 is 31.8 Å². The predicted octanol–water partition coefficient (Wildman–Crippen LogP) is 2.90. The molecule has 0 heterocycles. The van der Waals surface area contributed by atoms with E-state index in [0.717, 1.165) is 13.0 Å². The Morgan fingerprint density at radius 3 is 2.12 bits per heavy atom. The zero-order valence-electron chi connectivity index (χ0n) is 20.2. The van der Waals surface area contributed by atoms with E-state index in [1.807, 2.05) is 34.0 Å². The molecule has 0 atom stereocenters. The lowest BCUT2D eigenvalue weighted by atomic mass is 9.74. The van der Waals surface area contributed by atoms with Crippen LogP contribution in [-0.2, 0) is 19.7 Å². The lowest BCUT2D eigenvalue weighted by Crippen LogP contribution is -2.45. The third kappa shape index (κ3) is 10.6. The Hall–Kier alpha value is -1.97. The fourth-order valence-electron chi connectivity index (χ4n) is 3.73. The topological polar surface area (TPSA) is 110 Å². The summed E-state index contributed by atoms with van der Waals surface area (Å²) in [5.41, 5.74) is -1.61. The van der Waals surface area contributed by atoms with Gasteiger partial charge >= 0.3 is 5.97 Å². The van der Waals surface area contributed by atoms with Gasteiger partial charge in [-0.15, -0.1) is 0 Å². The van der Waals surface area contributed by atoms with Gasteiger partial charge in [0.25, 0.3) is 10.1 Å². The summed E-state index contributed by atoms with van der Waals surface area (Å²) in [6.45, 7) is 9.03. The first-order valence-electron chi connectivity index (χ1n) is 10.9. The van der Waals surface area contributed by atoms with Gasteiger partial charge in [0.1, 0.15) is 5.75 Å². The largest absolute Gasteiger partial charge is 0.426 e. The van der Waals surface area contributed by atoms with Crippen LogP contribution in [0.4, 0.5) is 0 Å². The second-order valence-corrected chi connectivity index (χ2v) is 11.9. The van der Waals surface area contributed by atoms with Crippen molar-refractivity contribution in [1.29, 1.82) is 0 Å². The summed E-state index contributed by atoms with van der Waals surface area (Å²) < 4.78 is 36.6. The molecular weight excluding hydrogens is 432 g/mol. The third-order valence-electron chi connectivity index (χ3n) is 5.40. The van der Waals surface area contributed by atoms with Gasteiger partial charge in [0.05, 0.1) is 38.4 Å². The van der Waals surface area contributed by atoms with Crippen molar-refractivity contribution in [3.63, 3.8) is 0 Å². The molecule has 1 aromatic carbocycles. The number of carbonyl (C=O) groups is 2. The quantitative estimate of drug-likeness (QED) is 0.150. The SMILES string of the molecule is CC(C)(CC(C)(C)C(=O)Oc1ccccc1)C(=O)NCCC[N+](C)(C)CCCS(=O)(=O)O. The molecule has 0 bridgehead atoms. The average Bonchev–Trinajstić information content (AvgIpc) is 2.63. The van der Waals surface area contributed by atoms with Crippen LogP contribution in [-0.4, -0.2) is 68.8 Å². The number of para-hydroxylation sites is 1. The number of nitrogens with zero attached hydrogens (tertiary/aromatic N) is 1. The fraction of sp³-hybridized carbons (Fsp3) is 0.652. The lowest BCUT2D eigenvalue weighted by molar-refractivity contribution is -0.890. The first-order chi connectivity index (χ1) is 14.5. The summed E-state index contributed by atoms with van der Waals surface area (Å²) in [7, 11) is 0.0272. The second kappa shape index (κ2) is 11.2. The highest BCUT2D eigenvalue weighted by atomic mass is 32.2. The molecule has 0 aliphatic heterocycles. The molecule has 0 saturated heterocycles. The van der Waals surface area contributed by atoms with Crippen molar-refractivity contribution in [2.45, 2.75) is 47.0 Å². The fourth-order valence-corrected chi connectivity index (χ4v) is 4.22. The van der Waals surface area contributed by atoms with Crippen LogP contribution < -0.4 is 10.1 Å². The number of hydrogen-bond acceptors (Lipinski definition) is 5. The molecule has 0 aromatic heterocycles. The van der Waals surface area contributed by atoms with E-state index in [-0.39, 0.29) is 17.6 Å². The Kier molecular flexibility index (Phi) is 9.86. The van der Waals surface area contributed by atoms with Gasteiger partial charge in [-0.25, -0.2) is 0 Å². The normalized spacial score (nSPS) is 13.0. The second-order valence-electron chi connectivity index (χ2n) is 10.3. The van der Waals surface area contributed by atoms with E-state index in [1.54, 1.807) is 38.1 Å².